The van der Waals surface area contributed by atoms with E-state index in [0.29, 0.717) is 29.5 Å². The Morgan fingerprint density at radius 2 is 1.58 bits per heavy atom. The summed E-state index contributed by atoms with van der Waals surface area (Å²) in [4.78, 5) is 17.0. The molecule has 0 atom stereocenters. The Morgan fingerprint density at radius 3 is 2.24 bits per heavy atom. The van der Waals surface area contributed by atoms with Crippen LogP contribution in [-0.4, -0.2) is 31.6 Å². The van der Waals surface area contributed by atoms with E-state index in [4.69, 9.17) is 14.7 Å². The standard InChI is InChI=1S/C27H32N4O2/c1-26(2,3)20-18(12-13-19(32)21(20)27(4,5)6)23-30-24-22(28-16-29-24)25(31-23)33-15-14-17-10-8-7-9-11-17/h7-13,16,32H,14-15H2,1-6H3,(H,28,29,30,31). The van der Waals surface area contributed by atoms with Gasteiger partial charge in [-0.1, -0.05) is 71.9 Å². The summed E-state index contributed by atoms with van der Waals surface area (Å²) in [5, 5.41) is 10.8. The number of imidazole rings is 1. The highest BCUT2D eigenvalue weighted by Crippen LogP contribution is 2.44. The number of nitrogens with zero attached hydrogens (tertiary/aromatic N) is 3. The van der Waals surface area contributed by atoms with Gasteiger partial charge in [-0.25, -0.2) is 9.97 Å². The Kier molecular flexibility index (Phi) is 5.87. The number of phenols is 1. The van der Waals surface area contributed by atoms with Gasteiger partial charge >= 0.3 is 0 Å². The molecule has 6 nitrogen and oxygen atoms in total. The summed E-state index contributed by atoms with van der Waals surface area (Å²) in [6.45, 7) is 13.2. The average molecular weight is 445 g/mol. The van der Waals surface area contributed by atoms with Gasteiger partial charge in [-0.15, -0.1) is 0 Å². The zero-order valence-electron chi connectivity index (χ0n) is 20.2. The molecule has 0 fully saturated rings. The lowest BCUT2D eigenvalue weighted by Gasteiger charge is -2.32. The van der Waals surface area contributed by atoms with Gasteiger partial charge in [-0.2, -0.15) is 4.98 Å². The average Bonchev–Trinajstić information content (AvgIpc) is 3.21. The quantitative estimate of drug-likeness (QED) is 0.398. The number of hydrogen-bond acceptors (Lipinski definition) is 5. The van der Waals surface area contributed by atoms with Crippen LogP contribution in [0.3, 0.4) is 0 Å². The van der Waals surface area contributed by atoms with Crippen molar-refractivity contribution in [1.82, 2.24) is 19.9 Å². The van der Waals surface area contributed by atoms with Crippen LogP contribution in [0.1, 0.15) is 58.2 Å². The van der Waals surface area contributed by atoms with Crippen LogP contribution in [0.15, 0.2) is 48.8 Å². The minimum Gasteiger partial charge on any atom is -0.508 e. The maximum Gasteiger partial charge on any atom is 0.243 e. The van der Waals surface area contributed by atoms with Crippen LogP contribution >= 0.6 is 0 Å². The molecule has 2 heterocycles. The molecule has 33 heavy (non-hydrogen) atoms. The van der Waals surface area contributed by atoms with Gasteiger partial charge in [-0.05, 0) is 34.1 Å². The van der Waals surface area contributed by atoms with Crippen LogP contribution in [0, 0.1) is 0 Å². The summed E-state index contributed by atoms with van der Waals surface area (Å²) in [5.74, 6) is 1.31. The van der Waals surface area contributed by atoms with E-state index in [2.05, 4.69) is 63.6 Å². The van der Waals surface area contributed by atoms with Crippen molar-refractivity contribution in [3.05, 3.63) is 65.5 Å². The largest absolute Gasteiger partial charge is 0.508 e. The Bertz CT molecular complexity index is 1270. The van der Waals surface area contributed by atoms with Gasteiger partial charge in [0.1, 0.15) is 11.3 Å². The molecule has 2 N–H and O–H groups in total. The molecule has 0 aliphatic carbocycles. The molecule has 0 saturated carbocycles. The fourth-order valence-corrected chi connectivity index (χ4v) is 4.26. The van der Waals surface area contributed by atoms with E-state index in [9.17, 15) is 5.11 Å². The highest BCUT2D eigenvalue weighted by atomic mass is 16.5. The minimum absolute atomic E-state index is 0.241. The lowest BCUT2D eigenvalue weighted by atomic mass is 9.72. The molecule has 0 radical (unpaired) electrons. The number of ether oxygens (including phenoxy) is 1. The van der Waals surface area contributed by atoms with E-state index in [1.165, 1.54) is 5.56 Å². The smallest absolute Gasteiger partial charge is 0.243 e. The van der Waals surface area contributed by atoms with Crippen LogP contribution in [0.5, 0.6) is 11.6 Å². The lowest BCUT2D eigenvalue weighted by Crippen LogP contribution is -2.23. The van der Waals surface area contributed by atoms with Crippen LogP contribution in [0.25, 0.3) is 22.6 Å². The molecule has 0 saturated heterocycles. The summed E-state index contributed by atoms with van der Waals surface area (Å²) < 4.78 is 6.12. The highest BCUT2D eigenvalue weighted by Gasteiger charge is 2.32. The van der Waals surface area contributed by atoms with Crippen molar-refractivity contribution < 1.29 is 9.84 Å². The third-order valence-electron chi connectivity index (χ3n) is 5.65. The molecular formula is C27H32N4O2. The van der Waals surface area contributed by atoms with E-state index in [0.717, 1.165) is 23.1 Å². The number of benzene rings is 2. The fourth-order valence-electron chi connectivity index (χ4n) is 4.26. The minimum atomic E-state index is -0.256. The summed E-state index contributed by atoms with van der Waals surface area (Å²) >= 11 is 0. The van der Waals surface area contributed by atoms with Crippen molar-refractivity contribution in [2.75, 3.05) is 6.61 Å². The van der Waals surface area contributed by atoms with Crippen molar-refractivity contribution in [3.8, 4) is 23.0 Å². The first-order valence-electron chi connectivity index (χ1n) is 11.3. The third-order valence-corrected chi connectivity index (χ3v) is 5.65. The number of aromatic nitrogens is 4. The number of hydrogen-bond donors (Lipinski definition) is 2. The first kappa shape index (κ1) is 22.8. The second-order valence-electron chi connectivity index (χ2n) is 10.4. The van der Waals surface area contributed by atoms with E-state index in [-0.39, 0.29) is 16.6 Å². The van der Waals surface area contributed by atoms with Gasteiger partial charge in [0.15, 0.2) is 11.5 Å². The molecule has 0 spiro atoms. The van der Waals surface area contributed by atoms with Crippen molar-refractivity contribution in [2.24, 2.45) is 0 Å². The molecule has 2 aromatic carbocycles. The van der Waals surface area contributed by atoms with E-state index >= 15 is 0 Å². The molecule has 6 heteroatoms. The number of nitrogens with one attached hydrogen (secondary N) is 1. The second kappa shape index (κ2) is 8.50. The van der Waals surface area contributed by atoms with Gasteiger partial charge in [-0.3, -0.25) is 0 Å². The zero-order valence-corrected chi connectivity index (χ0v) is 20.2. The number of aromatic hydroxyl groups is 1. The topological polar surface area (TPSA) is 83.9 Å². The normalized spacial score (nSPS) is 12.3. The predicted octanol–water partition coefficient (Wildman–Crippen LogP) is 5.94. The first-order valence-corrected chi connectivity index (χ1v) is 11.3. The maximum absolute atomic E-state index is 10.8. The molecule has 0 bridgehead atoms. The van der Waals surface area contributed by atoms with Crippen LogP contribution in [0.2, 0.25) is 0 Å². The molecule has 2 aromatic heterocycles. The monoisotopic (exact) mass is 444 g/mol. The molecule has 0 amide bonds. The maximum atomic E-state index is 10.8. The number of H-pyrrole nitrogens is 1. The molecule has 4 aromatic rings. The Morgan fingerprint density at radius 1 is 0.879 bits per heavy atom. The molecule has 0 aliphatic rings. The van der Waals surface area contributed by atoms with Crippen molar-refractivity contribution in [2.45, 2.75) is 58.8 Å². The Balaban J connectivity index is 1.81. The molecule has 0 unspecified atom stereocenters. The van der Waals surface area contributed by atoms with Crippen LogP contribution < -0.4 is 4.74 Å². The molecule has 172 valence electrons. The number of phenolic OH excluding ortho intramolecular Hbond substituents is 1. The van der Waals surface area contributed by atoms with Crippen molar-refractivity contribution in [3.63, 3.8) is 0 Å². The van der Waals surface area contributed by atoms with E-state index in [1.54, 1.807) is 12.4 Å². The van der Waals surface area contributed by atoms with Gasteiger partial charge < -0.3 is 14.8 Å². The highest BCUT2D eigenvalue weighted by molar-refractivity contribution is 5.79. The molecule has 4 rings (SSSR count). The summed E-state index contributed by atoms with van der Waals surface area (Å²) in [6, 6.07) is 13.9. The lowest BCUT2D eigenvalue weighted by molar-refractivity contribution is 0.313. The SMILES string of the molecule is CC(C)(C)c1c(O)ccc(-c2nc(OCCc3ccccc3)c3[nH]cnc3n2)c1C(C)(C)C. The summed E-state index contributed by atoms with van der Waals surface area (Å²) in [5.41, 5.74) is 4.76. The van der Waals surface area contributed by atoms with Gasteiger partial charge in [0.2, 0.25) is 5.88 Å². The Hall–Kier alpha value is -3.41. The zero-order chi connectivity index (χ0) is 23.8. The molecule has 0 aliphatic heterocycles. The summed E-state index contributed by atoms with van der Waals surface area (Å²) in [6.07, 6.45) is 2.38. The van der Waals surface area contributed by atoms with Gasteiger partial charge in [0.05, 0.1) is 12.9 Å². The second-order valence-corrected chi connectivity index (χ2v) is 10.4. The molecular weight excluding hydrogens is 412 g/mol. The van der Waals surface area contributed by atoms with Crippen LogP contribution in [-0.2, 0) is 17.3 Å². The predicted molar refractivity (Wildman–Crippen MR) is 132 cm³/mol. The van der Waals surface area contributed by atoms with Gasteiger partial charge in [0, 0.05) is 17.5 Å². The third kappa shape index (κ3) is 4.70. The first-order chi connectivity index (χ1) is 15.6. The fraction of sp³-hybridized carbons (Fsp3) is 0.370. The Labute approximate surface area is 195 Å². The van der Waals surface area contributed by atoms with Crippen molar-refractivity contribution >= 4 is 11.2 Å². The van der Waals surface area contributed by atoms with Crippen molar-refractivity contribution in [1.29, 1.82) is 0 Å². The number of fused-ring (bicyclic) bond motifs is 1. The van der Waals surface area contributed by atoms with E-state index in [1.807, 2.05) is 24.3 Å². The van der Waals surface area contributed by atoms with Gasteiger partial charge in [0.25, 0.3) is 0 Å². The van der Waals surface area contributed by atoms with Crippen LogP contribution in [0.4, 0.5) is 0 Å². The summed E-state index contributed by atoms with van der Waals surface area (Å²) in [7, 11) is 0. The van der Waals surface area contributed by atoms with E-state index < -0.39 is 0 Å². The number of aromatic amines is 1. The number of rotatable bonds is 5.